The van der Waals surface area contributed by atoms with Gasteiger partial charge in [0.05, 0.1) is 10.3 Å². The summed E-state index contributed by atoms with van der Waals surface area (Å²) in [5, 5.41) is 4.27. The van der Waals surface area contributed by atoms with Crippen molar-refractivity contribution in [3.63, 3.8) is 0 Å². The van der Waals surface area contributed by atoms with Gasteiger partial charge in [0.2, 0.25) is 0 Å². The Morgan fingerprint density at radius 3 is 2.60 bits per heavy atom. The normalized spacial score (nSPS) is 18.3. The fourth-order valence-electron chi connectivity index (χ4n) is 5.26. The highest BCUT2D eigenvalue weighted by Gasteiger charge is 2.25. The smallest absolute Gasteiger partial charge is 0.261 e. The van der Waals surface area contributed by atoms with Crippen molar-refractivity contribution in [2.75, 3.05) is 57.8 Å². The quantitative estimate of drug-likeness (QED) is 0.566. The van der Waals surface area contributed by atoms with Gasteiger partial charge >= 0.3 is 0 Å². The molecule has 2 fully saturated rings. The number of anilines is 1. The number of aryl methyl sites for hydroxylation is 2. The number of fused-ring (bicyclic) bond motifs is 1. The van der Waals surface area contributed by atoms with E-state index in [1.165, 1.54) is 22.5 Å². The maximum absolute atomic E-state index is 13.2. The van der Waals surface area contributed by atoms with Crippen molar-refractivity contribution in [1.29, 1.82) is 0 Å². The largest absolute Gasteiger partial charge is 0.353 e. The first-order valence-corrected chi connectivity index (χ1v) is 13.5. The van der Waals surface area contributed by atoms with Crippen molar-refractivity contribution in [2.24, 2.45) is 5.92 Å². The Morgan fingerprint density at radius 1 is 1.09 bits per heavy atom. The number of rotatable bonds is 6. The van der Waals surface area contributed by atoms with Gasteiger partial charge in [-0.2, -0.15) is 0 Å². The number of piperidine rings is 1. The van der Waals surface area contributed by atoms with Gasteiger partial charge in [0.1, 0.15) is 17.0 Å². The second kappa shape index (κ2) is 10.6. The van der Waals surface area contributed by atoms with Crippen LogP contribution in [0, 0.1) is 19.8 Å². The molecule has 0 unspecified atom stereocenters. The van der Waals surface area contributed by atoms with Crippen molar-refractivity contribution >= 4 is 33.3 Å². The Kier molecular flexibility index (Phi) is 7.32. The average Bonchev–Trinajstić information content (AvgIpc) is 3.21. The van der Waals surface area contributed by atoms with Crippen LogP contribution in [0.25, 0.3) is 10.2 Å². The van der Waals surface area contributed by atoms with E-state index in [-0.39, 0.29) is 5.91 Å². The van der Waals surface area contributed by atoms with Crippen LogP contribution in [0.2, 0.25) is 0 Å². The molecule has 0 radical (unpaired) electrons. The topological polar surface area (TPSA) is 64.6 Å². The van der Waals surface area contributed by atoms with Crippen LogP contribution < -0.4 is 10.2 Å². The predicted molar refractivity (Wildman–Crippen MR) is 143 cm³/mol. The number of hydrogen-bond donors (Lipinski definition) is 1. The molecule has 1 amide bonds. The average molecular weight is 493 g/mol. The Bertz CT molecular complexity index is 1180. The molecule has 0 aliphatic carbocycles. The Morgan fingerprint density at radius 2 is 1.86 bits per heavy atom. The molecule has 7 nitrogen and oxygen atoms in total. The van der Waals surface area contributed by atoms with Gasteiger partial charge in [0, 0.05) is 39.3 Å². The molecular formula is C27H36N6OS. The van der Waals surface area contributed by atoms with Crippen LogP contribution in [0.1, 0.15) is 39.2 Å². The molecule has 2 aliphatic rings. The van der Waals surface area contributed by atoms with E-state index in [2.05, 4.69) is 68.2 Å². The third-order valence-electron chi connectivity index (χ3n) is 7.46. The van der Waals surface area contributed by atoms with Crippen LogP contribution in [0.15, 0.2) is 30.6 Å². The summed E-state index contributed by atoms with van der Waals surface area (Å²) in [5.41, 5.74) is 3.71. The third-order valence-corrected chi connectivity index (χ3v) is 8.66. The number of amides is 1. The zero-order chi connectivity index (χ0) is 24.4. The van der Waals surface area contributed by atoms with Crippen LogP contribution >= 0.6 is 11.3 Å². The van der Waals surface area contributed by atoms with E-state index in [1.807, 2.05) is 6.92 Å². The molecule has 0 atom stereocenters. The third kappa shape index (κ3) is 5.50. The standard InChI is InChI=1S/C27H36N6OS/c1-19-5-4-6-22(15-19)17-32-9-7-21(8-10-32)16-28-26(34)24-20(2)23-25(29-18-30-27(23)35-24)33-13-11-31(3)12-14-33/h4-6,15,18,21H,7-14,16-17H2,1-3H3,(H,28,34). The fraction of sp³-hybridized carbons (Fsp3) is 0.519. The number of aromatic nitrogens is 2. The summed E-state index contributed by atoms with van der Waals surface area (Å²) in [7, 11) is 2.15. The fourth-order valence-corrected chi connectivity index (χ4v) is 6.32. The summed E-state index contributed by atoms with van der Waals surface area (Å²) < 4.78 is 0. The summed E-state index contributed by atoms with van der Waals surface area (Å²) in [4.78, 5) is 31.1. The summed E-state index contributed by atoms with van der Waals surface area (Å²) in [6.07, 6.45) is 3.88. The summed E-state index contributed by atoms with van der Waals surface area (Å²) in [6, 6.07) is 8.78. The molecule has 1 aromatic carbocycles. The number of likely N-dealkylation sites (tertiary alicyclic amines) is 1. The van der Waals surface area contributed by atoms with E-state index in [1.54, 1.807) is 6.33 Å². The Labute approximate surface area is 212 Å². The Balaban J connectivity index is 1.18. The maximum Gasteiger partial charge on any atom is 0.261 e. The minimum Gasteiger partial charge on any atom is -0.353 e. The molecule has 0 saturated carbocycles. The molecule has 4 heterocycles. The lowest BCUT2D eigenvalue weighted by atomic mass is 9.96. The highest BCUT2D eigenvalue weighted by atomic mass is 32.1. The van der Waals surface area contributed by atoms with E-state index in [0.29, 0.717) is 5.92 Å². The van der Waals surface area contributed by atoms with E-state index in [9.17, 15) is 4.79 Å². The molecule has 0 spiro atoms. The zero-order valence-electron chi connectivity index (χ0n) is 21.1. The molecule has 2 aliphatic heterocycles. The van der Waals surface area contributed by atoms with E-state index in [0.717, 1.165) is 91.7 Å². The minimum atomic E-state index is 0.0250. The first-order valence-electron chi connectivity index (χ1n) is 12.7. The maximum atomic E-state index is 13.2. The Hall–Kier alpha value is -2.55. The van der Waals surface area contributed by atoms with Crippen molar-refractivity contribution in [1.82, 2.24) is 25.1 Å². The molecule has 35 heavy (non-hydrogen) atoms. The molecule has 0 bridgehead atoms. The molecule has 2 aromatic heterocycles. The second-order valence-corrected chi connectivity index (χ2v) is 11.1. The van der Waals surface area contributed by atoms with Crippen molar-refractivity contribution < 1.29 is 4.79 Å². The first kappa shape index (κ1) is 24.2. The van der Waals surface area contributed by atoms with Gasteiger partial charge in [-0.25, -0.2) is 9.97 Å². The molecule has 186 valence electrons. The number of likely N-dealkylation sites (N-methyl/N-ethyl adjacent to an activating group) is 1. The number of nitrogens with zero attached hydrogens (tertiary/aromatic N) is 5. The molecule has 2 saturated heterocycles. The van der Waals surface area contributed by atoms with Crippen molar-refractivity contribution in [3.05, 3.63) is 52.2 Å². The molecule has 3 aromatic rings. The second-order valence-electron chi connectivity index (χ2n) is 10.1. The number of thiophene rings is 1. The molecular weight excluding hydrogens is 456 g/mol. The lowest BCUT2D eigenvalue weighted by Gasteiger charge is -2.33. The first-order chi connectivity index (χ1) is 17.0. The highest BCUT2D eigenvalue weighted by molar-refractivity contribution is 7.20. The molecule has 5 rings (SSSR count). The van der Waals surface area contributed by atoms with E-state index < -0.39 is 0 Å². The lowest BCUT2D eigenvalue weighted by Crippen LogP contribution is -2.44. The van der Waals surface area contributed by atoms with Crippen LogP contribution in [-0.4, -0.2) is 78.5 Å². The summed E-state index contributed by atoms with van der Waals surface area (Å²) >= 11 is 1.49. The van der Waals surface area contributed by atoms with E-state index in [4.69, 9.17) is 0 Å². The number of hydrogen-bond acceptors (Lipinski definition) is 7. The van der Waals surface area contributed by atoms with Crippen LogP contribution in [0.4, 0.5) is 5.82 Å². The predicted octanol–water partition coefficient (Wildman–Crippen LogP) is 3.70. The van der Waals surface area contributed by atoms with Gasteiger partial charge < -0.3 is 15.1 Å². The monoisotopic (exact) mass is 492 g/mol. The summed E-state index contributed by atoms with van der Waals surface area (Å²) in [5.74, 6) is 1.52. The van der Waals surface area contributed by atoms with Gasteiger partial charge in [0.25, 0.3) is 5.91 Å². The van der Waals surface area contributed by atoms with E-state index >= 15 is 0 Å². The summed E-state index contributed by atoms with van der Waals surface area (Å²) in [6.45, 7) is 12.0. The SMILES string of the molecule is Cc1cccc(CN2CCC(CNC(=O)c3sc4ncnc(N5CCN(C)CC5)c4c3C)CC2)c1. The van der Waals surface area contributed by atoms with Gasteiger partial charge in [-0.1, -0.05) is 29.8 Å². The van der Waals surface area contributed by atoms with Gasteiger partial charge in [-0.3, -0.25) is 9.69 Å². The molecule has 1 N–H and O–H groups in total. The minimum absolute atomic E-state index is 0.0250. The van der Waals surface area contributed by atoms with Gasteiger partial charge in [-0.15, -0.1) is 11.3 Å². The molecule has 8 heteroatoms. The number of nitrogens with one attached hydrogen (secondary N) is 1. The highest BCUT2D eigenvalue weighted by Crippen LogP contribution is 2.35. The van der Waals surface area contributed by atoms with Gasteiger partial charge in [0.15, 0.2) is 0 Å². The number of piperazine rings is 1. The lowest BCUT2D eigenvalue weighted by molar-refractivity contribution is 0.0939. The zero-order valence-corrected chi connectivity index (χ0v) is 21.9. The number of benzene rings is 1. The number of carbonyl (C=O) groups excluding carboxylic acids is 1. The number of carbonyl (C=O) groups is 1. The van der Waals surface area contributed by atoms with Gasteiger partial charge in [-0.05, 0) is 63.9 Å². The van der Waals surface area contributed by atoms with Crippen molar-refractivity contribution in [2.45, 2.75) is 33.2 Å². The van der Waals surface area contributed by atoms with Crippen LogP contribution in [-0.2, 0) is 6.54 Å². The van der Waals surface area contributed by atoms with Crippen LogP contribution in [0.5, 0.6) is 0 Å². The van der Waals surface area contributed by atoms with Crippen molar-refractivity contribution in [3.8, 4) is 0 Å². The van der Waals surface area contributed by atoms with Crippen LogP contribution in [0.3, 0.4) is 0 Å².